The first-order valence-corrected chi connectivity index (χ1v) is 7.27. The van der Waals surface area contributed by atoms with Gasteiger partial charge in [0.15, 0.2) is 0 Å². The van der Waals surface area contributed by atoms with Crippen molar-refractivity contribution in [3.8, 4) is 5.88 Å². The maximum atomic E-state index is 9.83. The summed E-state index contributed by atoms with van der Waals surface area (Å²) in [6, 6.07) is 0. The normalized spacial score (nSPS) is 25.0. The predicted octanol–water partition coefficient (Wildman–Crippen LogP) is 4.17. The molecular formula is C15H26N2O. The molecule has 1 aromatic rings. The van der Waals surface area contributed by atoms with E-state index in [-0.39, 0.29) is 5.88 Å². The lowest BCUT2D eigenvalue weighted by atomic mass is 9.77. The van der Waals surface area contributed by atoms with E-state index in [1.54, 1.807) is 0 Å². The van der Waals surface area contributed by atoms with Crippen LogP contribution in [-0.2, 0) is 0 Å². The van der Waals surface area contributed by atoms with Gasteiger partial charge in [0, 0.05) is 5.92 Å². The minimum atomic E-state index is 0.200. The van der Waals surface area contributed by atoms with Crippen LogP contribution in [0.5, 0.6) is 5.88 Å². The first kappa shape index (κ1) is 13.4. The van der Waals surface area contributed by atoms with E-state index in [2.05, 4.69) is 37.7 Å². The molecule has 3 heteroatoms. The summed E-state index contributed by atoms with van der Waals surface area (Å²) in [5, 5.41) is 9.83. The molecule has 0 spiro atoms. The van der Waals surface area contributed by atoms with E-state index in [1.807, 2.05) is 0 Å². The highest BCUT2D eigenvalue weighted by atomic mass is 16.3. The Hall–Kier alpha value is -0.990. The van der Waals surface area contributed by atoms with E-state index in [0.29, 0.717) is 11.8 Å². The van der Waals surface area contributed by atoms with Crippen LogP contribution >= 0.6 is 0 Å². The molecule has 2 N–H and O–H groups in total. The van der Waals surface area contributed by atoms with E-state index in [0.717, 1.165) is 23.4 Å². The molecule has 0 amide bonds. The van der Waals surface area contributed by atoms with Gasteiger partial charge in [0.25, 0.3) is 0 Å². The number of nitrogens with one attached hydrogen (secondary N) is 1. The van der Waals surface area contributed by atoms with Gasteiger partial charge in [0.2, 0.25) is 5.88 Å². The van der Waals surface area contributed by atoms with Crippen molar-refractivity contribution in [2.24, 2.45) is 11.8 Å². The van der Waals surface area contributed by atoms with Gasteiger partial charge in [-0.2, -0.15) is 4.98 Å². The molecule has 1 fully saturated rings. The third-order valence-corrected chi connectivity index (χ3v) is 4.41. The van der Waals surface area contributed by atoms with Crippen molar-refractivity contribution < 1.29 is 5.11 Å². The van der Waals surface area contributed by atoms with E-state index >= 15 is 0 Å². The fraction of sp³-hybridized carbons (Fsp3) is 0.800. The largest absolute Gasteiger partial charge is 0.492 e. The van der Waals surface area contributed by atoms with Crippen molar-refractivity contribution in [2.45, 2.75) is 65.2 Å². The Kier molecular flexibility index (Phi) is 3.98. The summed E-state index contributed by atoms with van der Waals surface area (Å²) in [5.74, 6) is 3.68. The summed E-state index contributed by atoms with van der Waals surface area (Å²) < 4.78 is 0. The van der Waals surface area contributed by atoms with Crippen molar-refractivity contribution in [3.05, 3.63) is 11.5 Å². The Bertz CT molecular complexity index is 387. The summed E-state index contributed by atoms with van der Waals surface area (Å²) in [5.41, 5.74) is 0.885. The smallest absolute Gasteiger partial charge is 0.232 e. The molecule has 0 aromatic carbocycles. The monoisotopic (exact) mass is 250 g/mol. The van der Waals surface area contributed by atoms with Crippen LogP contribution in [0.3, 0.4) is 0 Å². The van der Waals surface area contributed by atoms with Gasteiger partial charge in [-0.25, -0.2) is 0 Å². The molecule has 0 atom stereocenters. The second-order valence-corrected chi connectivity index (χ2v) is 6.37. The Balaban J connectivity index is 2.03. The number of nitrogens with zero attached hydrogens (tertiary/aromatic N) is 1. The zero-order valence-corrected chi connectivity index (χ0v) is 12.0. The number of hydrogen-bond donors (Lipinski definition) is 2. The van der Waals surface area contributed by atoms with Crippen molar-refractivity contribution in [1.82, 2.24) is 9.97 Å². The average molecular weight is 250 g/mol. The van der Waals surface area contributed by atoms with Crippen LogP contribution in [0.25, 0.3) is 0 Å². The Morgan fingerprint density at radius 2 is 1.72 bits per heavy atom. The summed E-state index contributed by atoms with van der Waals surface area (Å²) in [4.78, 5) is 7.66. The topological polar surface area (TPSA) is 48.9 Å². The quantitative estimate of drug-likeness (QED) is 0.846. The summed E-state index contributed by atoms with van der Waals surface area (Å²) in [7, 11) is 0. The molecule has 1 aromatic heterocycles. The molecular weight excluding hydrogens is 224 g/mol. The summed E-state index contributed by atoms with van der Waals surface area (Å²) >= 11 is 0. The van der Waals surface area contributed by atoms with Gasteiger partial charge >= 0.3 is 0 Å². The van der Waals surface area contributed by atoms with Gasteiger partial charge < -0.3 is 10.1 Å². The second kappa shape index (κ2) is 5.33. The number of hydrogen-bond acceptors (Lipinski definition) is 2. The number of aromatic amines is 1. The second-order valence-electron chi connectivity index (χ2n) is 6.37. The van der Waals surface area contributed by atoms with E-state index in [4.69, 9.17) is 0 Å². The molecule has 0 unspecified atom stereocenters. The van der Waals surface area contributed by atoms with Crippen LogP contribution in [0, 0.1) is 11.8 Å². The average Bonchev–Trinajstić information content (AvgIpc) is 2.71. The van der Waals surface area contributed by atoms with Gasteiger partial charge in [-0.1, -0.05) is 27.7 Å². The number of H-pyrrole nitrogens is 1. The number of rotatable bonds is 3. The van der Waals surface area contributed by atoms with E-state index in [9.17, 15) is 5.11 Å². The van der Waals surface area contributed by atoms with E-state index in [1.165, 1.54) is 25.7 Å². The van der Waals surface area contributed by atoms with Crippen LogP contribution in [0.15, 0.2) is 0 Å². The highest BCUT2D eigenvalue weighted by molar-refractivity contribution is 5.24. The molecule has 102 valence electrons. The first-order chi connectivity index (χ1) is 8.49. The molecule has 1 saturated carbocycles. The number of aromatic nitrogens is 2. The molecule has 2 rings (SSSR count). The zero-order valence-electron chi connectivity index (χ0n) is 12.0. The summed E-state index contributed by atoms with van der Waals surface area (Å²) in [6.07, 6.45) is 4.99. The first-order valence-electron chi connectivity index (χ1n) is 7.27. The van der Waals surface area contributed by atoms with Crippen LogP contribution in [0.1, 0.15) is 76.7 Å². The van der Waals surface area contributed by atoms with Gasteiger partial charge in [-0.15, -0.1) is 0 Å². The molecule has 1 heterocycles. The van der Waals surface area contributed by atoms with Crippen molar-refractivity contribution in [2.75, 3.05) is 0 Å². The third-order valence-electron chi connectivity index (χ3n) is 4.41. The van der Waals surface area contributed by atoms with Crippen molar-refractivity contribution in [3.63, 3.8) is 0 Å². The Labute approximate surface area is 110 Å². The maximum absolute atomic E-state index is 9.83. The highest BCUT2D eigenvalue weighted by Gasteiger charge is 2.27. The Morgan fingerprint density at radius 1 is 1.11 bits per heavy atom. The van der Waals surface area contributed by atoms with Gasteiger partial charge in [0.1, 0.15) is 5.82 Å². The molecule has 0 radical (unpaired) electrons. The molecule has 0 saturated heterocycles. The highest BCUT2D eigenvalue weighted by Crippen LogP contribution is 2.38. The fourth-order valence-electron chi connectivity index (χ4n) is 3.05. The standard InChI is InChI=1S/C15H26N2O/c1-9(2)11-5-7-12(8-6-11)14-16-13(10(3)4)15(18)17-14/h9-12,18H,5-8H2,1-4H3,(H,16,17). The van der Waals surface area contributed by atoms with Crippen LogP contribution in [-0.4, -0.2) is 15.1 Å². The van der Waals surface area contributed by atoms with Crippen molar-refractivity contribution >= 4 is 0 Å². The third kappa shape index (κ3) is 2.70. The minimum absolute atomic E-state index is 0.200. The summed E-state index contributed by atoms with van der Waals surface area (Å²) in [6.45, 7) is 8.79. The SMILES string of the molecule is CC(C)c1[nH]c(C2CCC(C(C)C)CC2)nc1O. The Morgan fingerprint density at radius 3 is 2.17 bits per heavy atom. The lowest BCUT2D eigenvalue weighted by Gasteiger charge is -2.29. The molecule has 1 aliphatic carbocycles. The molecule has 3 nitrogen and oxygen atoms in total. The fourth-order valence-corrected chi connectivity index (χ4v) is 3.05. The zero-order chi connectivity index (χ0) is 13.3. The maximum Gasteiger partial charge on any atom is 0.232 e. The lowest BCUT2D eigenvalue weighted by Crippen LogP contribution is -2.18. The van der Waals surface area contributed by atoms with Gasteiger partial charge in [0.05, 0.1) is 5.69 Å². The predicted molar refractivity (Wildman–Crippen MR) is 73.9 cm³/mol. The van der Waals surface area contributed by atoms with Crippen LogP contribution in [0.4, 0.5) is 0 Å². The molecule has 0 aliphatic heterocycles. The number of imidazole rings is 1. The van der Waals surface area contributed by atoms with Crippen molar-refractivity contribution in [1.29, 1.82) is 0 Å². The lowest BCUT2D eigenvalue weighted by molar-refractivity contribution is 0.255. The van der Waals surface area contributed by atoms with E-state index < -0.39 is 0 Å². The molecule has 0 bridgehead atoms. The van der Waals surface area contributed by atoms with Gasteiger partial charge in [-0.05, 0) is 43.4 Å². The number of aromatic hydroxyl groups is 1. The van der Waals surface area contributed by atoms with Crippen LogP contribution < -0.4 is 0 Å². The molecule has 1 aliphatic rings. The van der Waals surface area contributed by atoms with Crippen LogP contribution in [0.2, 0.25) is 0 Å². The molecule has 18 heavy (non-hydrogen) atoms. The van der Waals surface area contributed by atoms with Gasteiger partial charge in [-0.3, -0.25) is 0 Å². The minimum Gasteiger partial charge on any atom is -0.492 e.